The summed E-state index contributed by atoms with van der Waals surface area (Å²) in [7, 11) is 0. The van der Waals surface area contributed by atoms with Crippen LogP contribution in [-0.2, 0) is 6.54 Å². The third kappa shape index (κ3) is 3.71. The van der Waals surface area contributed by atoms with E-state index >= 15 is 0 Å². The van der Waals surface area contributed by atoms with E-state index in [1.54, 1.807) is 0 Å². The van der Waals surface area contributed by atoms with Gasteiger partial charge < -0.3 is 5.73 Å². The van der Waals surface area contributed by atoms with E-state index in [9.17, 15) is 0 Å². The second-order valence-corrected chi connectivity index (χ2v) is 5.42. The molecule has 1 aromatic rings. The molecule has 0 spiro atoms. The fourth-order valence-corrected chi connectivity index (χ4v) is 2.76. The van der Waals surface area contributed by atoms with E-state index in [-0.39, 0.29) is 12.4 Å². The molecule has 1 aliphatic heterocycles. The molecule has 18 heavy (non-hydrogen) atoms. The number of hydrogen-bond acceptors (Lipinski definition) is 2. The summed E-state index contributed by atoms with van der Waals surface area (Å²) in [4.78, 5) is 2.56. The van der Waals surface area contributed by atoms with Crippen LogP contribution in [0.3, 0.4) is 0 Å². The quantitative estimate of drug-likeness (QED) is 0.913. The SMILES string of the molecule is Cc1ccccc1CN1CCC(C)CC1CN.Cl. The molecule has 1 aromatic carbocycles. The summed E-state index contributed by atoms with van der Waals surface area (Å²) < 4.78 is 0. The Labute approximate surface area is 117 Å². The number of nitrogens with two attached hydrogens (primary N) is 1. The number of nitrogens with zero attached hydrogens (tertiary/aromatic N) is 1. The molecule has 2 atom stereocenters. The first kappa shape index (κ1) is 15.5. The van der Waals surface area contributed by atoms with E-state index < -0.39 is 0 Å². The van der Waals surface area contributed by atoms with Gasteiger partial charge in [-0.3, -0.25) is 4.90 Å². The molecule has 2 nitrogen and oxygen atoms in total. The average Bonchev–Trinajstić information content (AvgIpc) is 2.34. The Morgan fingerprint density at radius 1 is 1.33 bits per heavy atom. The molecular formula is C15H25ClN2. The highest BCUT2D eigenvalue weighted by molar-refractivity contribution is 5.85. The van der Waals surface area contributed by atoms with Crippen LogP contribution < -0.4 is 5.73 Å². The maximum absolute atomic E-state index is 5.91. The van der Waals surface area contributed by atoms with Crippen molar-refractivity contribution < 1.29 is 0 Å². The predicted molar refractivity (Wildman–Crippen MR) is 80.1 cm³/mol. The van der Waals surface area contributed by atoms with Crippen molar-refractivity contribution in [3.05, 3.63) is 35.4 Å². The topological polar surface area (TPSA) is 29.3 Å². The van der Waals surface area contributed by atoms with Gasteiger partial charge in [0.2, 0.25) is 0 Å². The molecule has 2 N–H and O–H groups in total. The summed E-state index contributed by atoms with van der Waals surface area (Å²) >= 11 is 0. The van der Waals surface area contributed by atoms with E-state index in [0.717, 1.165) is 19.0 Å². The van der Waals surface area contributed by atoms with Crippen LogP contribution in [0.5, 0.6) is 0 Å². The third-order valence-corrected chi connectivity index (χ3v) is 4.01. The van der Waals surface area contributed by atoms with Gasteiger partial charge >= 0.3 is 0 Å². The number of rotatable bonds is 3. The van der Waals surface area contributed by atoms with E-state index in [1.807, 2.05) is 0 Å². The first-order valence-corrected chi connectivity index (χ1v) is 6.69. The van der Waals surface area contributed by atoms with Crippen molar-refractivity contribution in [2.24, 2.45) is 11.7 Å². The summed E-state index contributed by atoms with van der Waals surface area (Å²) in [6, 6.07) is 9.24. The summed E-state index contributed by atoms with van der Waals surface area (Å²) in [5.41, 5.74) is 8.74. The smallest absolute Gasteiger partial charge is 0.0239 e. The molecule has 2 unspecified atom stereocenters. The number of benzene rings is 1. The van der Waals surface area contributed by atoms with Crippen LogP contribution in [0.1, 0.15) is 30.9 Å². The first-order chi connectivity index (χ1) is 8.20. The van der Waals surface area contributed by atoms with Crippen LogP contribution in [0.2, 0.25) is 0 Å². The van der Waals surface area contributed by atoms with Crippen molar-refractivity contribution in [2.45, 2.75) is 39.3 Å². The van der Waals surface area contributed by atoms with Crippen molar-refractivity contribution in [3.8, 4) is 0 Å². The lowest BCUT2D eigenvalue weighted by molar-refractivity contribution is 0.115. The number of aryl methyl sites for hydroxylation is 1. The zero-order chi connectivity index (χ0) is 12.3. The molecule has 1 aliphatic rings. The van der Waals surface area contributed by atoms with Crippen LogP contribution >= 0.6 is 12.4 Å². The van der Waals surface area contributed by atoms with Crippen LogP contribution in [0, 0.1) is 12.8 Å². The van der Waals surface area contributed by atoms with Crippen LogP contribution in [0.4, 0.5) is 0 Å². The largest absolute Gasteiger partial charge is 0.329 e. The minimum atomic E-state index is 0. The zero-order valence-corrected chi connectivity index (χ0v) is 12.2. The molecule has 0 radical (unpaired) electrons. The molecule has 0 amide bonds. The fourth-order valence-electron chi connectivity index (χ4n) is 2.76. The summed E-state index contributed by atoms with van der Waals surface area (Å²) in [6.45, 7) is 7.57. The predicted octanol–water partition coefficient (Wildman–Crippen LogP) is 2.98. The molecule has 2 rings (SSSR count). The van der Waals surface area contributed by atoms with E-state index in [0.29, 0.717) is 6.04 Å². The lowest BCUT2D eigenvalue weighted by atomic mass is 9.92. The molecule has 1 heterocycles. The second kappa shape index (κ2) is 7.13. The van der Waals surface area contributed by atoms with E-state index in [2.05, 4.69) is 43.0 Å². The zero-order valence-electron chi connectivity index (χ0n) is 11.4. The van der Waals surface area contributed by atoms with Crippen LogP contribution in [-0.4, -0.2) is 24.0 Å². The summed E-state index contributed by atoms with van der Waals surface area (Å²) in [6.07, 6.45) is 2.56. The molecule has 0 saturated carbocycles. The van der Waals surface area contributed by atoms with Crippen LogP contribution in [0.25, 0.3) is 0 Å². The summed E-state index contributed by atoms with van der Waals surface area (Å²) in [5, 5.41) is 0. The normalized spacial score (nSPS) is 24.6. The Balaban J connectivity index is 0.00000162. The van der Waals surface area contributed by atoms with Gasteiger partial charge in [-0.15, -0.1) is 12.4 Å². The second-order valence-electron chi connectivity index (χ2n) is 5.42. The Morgan fingerprint density at radius 2 is 2.06 bits per heavy atom. The van der Waals surface area contributed by atoms with Crippen molar-refractivity contribution >= 4 is 12.4 Å². The van der Waals surface area contributed by atoms with E-state index in [1.165, 1.54) is 30.5 Å². The van der Waals surface area contributed by atoms with Crippen LogP contribution in [0.15, 0.2) is 24.3 Å². The number of hydrogen-bond donors (Lipinski definition) is 1. The molecule has 0 bridgehead atoms. The molecule has 102 valence electrons. The average molecular weight is 269 g/mol. The molecule has 1 fully saturated rings. The van der Waals surface area contributed by atoms with Crippen molar-refractivity contribution in [3.63, 3.8) is 0 Å². The number of piperidine rings is 1. The van der Waals surface area contributed by atoms with Gasteiger partial charge in [0.05, 0.1) is 0 Å². The van der Waals surface area contributed by atoms with Gasteiger partial charge in [0, 0.05) is 19.1 Å². The maximum Gasteiger partial charge on any atom is 0.0239 e. The first-order valence-electron chi connectivity index (χ1n) is 6.69. The van der Waals surface area contributed by atoms with Crippen molar-refractivity contribution in [2.75, 3.05) is 13.1 Å². The van der Waals surface area contributed by atoms with E-state index in [4.69, 9.17) is 5.73 Å². The van der Waals surface area contributed by atoms with Gasteiger partial charge in [-0.25, -0.2) is 0 Å². The Bertz CT molecular complexity index is 367. The van der Waals surface area contributed by atoms with Gasteiger partial charge in [0.25, 0.3) is 0 Å². The minimum absolute atomic E-state index is 0. The van der Waals surface area contributed by atoms with Crippen molar-refractivity contribution in [1.29, 1.82) is 0 Å². The van der Waals surface area contributed by atoms with Gasteiger partial charge in [0.15, 0.2) is 0 Å². The van der Waals surface area contributed by atoms with Gasteiger partial charge in [0.1, 0.15) is 0 Å². The molecule has 0 aliphatic carbocycles. The highest BCUT2D eigenvalue weighted by atomic mass is 35.5. The standard InChI is InChI=1S/C15H24N2.ClH/c1-12-7-8-17(15(9-12)10-16)11-14-6-4-3-5-13(14)2;/h3-6,12,15H,7-11,16H2,1-2H3;1H. The van der Waals surface area contributed by atoms with Gasteiger partial charge in [-0.2, -0.15) is 0 Å². The summed E-state index contributed by atoms with van der Waals surface area (Å²) in [5.74, 6) is 0.830. The molecule has 1 saturated heterocycles. The lowest BCUT2D eigenvalue weighted by Gasteiger charge is -2.38. The fraction of sp³-hybridized carbons (Fsp3) is 0.600. The number of likely N-dealkylation sites (tertiary alicyclic amines) is 1. The lowest BCUT2D eigenvalue weighted by Crippen LogP contribution is -2.45. The number of halogens is 1. The molecular weight excluding hydrogens is 244 g/mol. The highest BCUT2D eigenvalue weighted by Gasteiger charge is 2.25. The molecule has 0 aromatic heterocycles. The molecule has 3 heteroatoms. The van der Waals surface area contributed by atoms with Gasteiger partial charge in [-0.1, -0.05) is 31.2 Å². The third-order valence-electron chi connectivity index (χ3n) is 4.01. The maximum atomic E-state index is 5.91. The minimum Gasteiger partial charge on any atom is -0.329 e. The Kier molecular flexibility index (Phi) is 6.13. The van der Waals surface area contributed by atoms with Gasteiger partial charge in [-0.05, 0) is 43.4 Å². The monoisotopic (exact) mass is 268 g/mol. The van der Waals surface area contributed by atoms with Crippen molar-refractivity contribution in [1.82, 2.24) is 4.90 Å². The highest BCUT2D eigenvalue weighted by Crippen LogP contribution is 2.24. The Morgan fingerprint density at radius 3 is 2.72 bits per heavy atom. The Hall–Kier alpha value is -0.570.